The average molecular weight is 314 g/mol. The summed E-state index contributed by atoms with van der Waals surface area (Å²) in [5.41, 5.74) is 0.533. The summed E-state index contributed by atoms with van der Waals surface area (Å²) >= 11 is 1.54. The van der Waals surface area contributed by atoms with Crippen molar-refractivity contribution in [3.63, 3.8) is 0 Å². The van der Waals surface area contributed by atoms with Gasteiger partial charge in [-0.1, -0.05) is 20.8 Å². The maximum Gasteiger partial charge on any atom is 0.270 e. The van der Waals surface area contributed by atoms with Crippen LogP contribution in [0.15, 0.2) is 5.38 Å². The van der Waals surface area contributed by atoms with Crippen molar-refractivity contribution >= 4 is 42.1 Å². The lowest BCUT2D eigenvalue weighted by Gasteiger charge is -2.03. The summed E-state index contributed by atoms with van der Waals surface area (Å²) in [7, 11) is 0. The largest absolute Gasteiger partial charge is 0.349 e. The molecule has 1 aromatic heterocycles. The molecule has 2 N–H and O–H groups in total. The number of carbonyl (C=O) groups excluding carboxylic acids is 1. The molecule has 0 unspecified atom stereocenters. The Morgan fingerprint density at radius 2 is 2.06 bits per heavy atom. The molecular weight excluding hydrogens is 293 g/mol. The number of aromatic nitrogens is 1. The van der Waals surface area contributed by atoms with Gasteiger partial charge in [0.1, 0.15) is 5.69 Å². The van der Waals surface area contributed by atoms with Crippen molar-refractivity contribution in [3.8, 4) is 0 Å². The minimum absolute atomic E-state index is 0. The second kappa shape index (κ2) is 10.6. The number of likely N-dealkylation sites (N-methyl/N-ethyl adjacent to an activating group) is 1. The molecule has 18 heavy (non-hydrogen) atoms. The van der Waals surface area contributed by atoms with Gasteiger partial charge >= 0.3 is 0 Å². The Labute approximate surface area is 125 Å². The van der Waals surface area contributed by atoms with Crippen molar-refractivity contribution in [1.82, 2.24) is 15.6 Å². The molecule has 1 heterocycles. The lowest BCUT2D eigenvalue weighted by Crippen LogP contribution is -2.31. The third kappa shape index (κ3) is 6.54. The van der Waals surface area contributed by atoms with Crippen molar-refractivity contribution in [2.45, 2.75) is 26.7 Å². The van der Waals surface area contributed by atoms with Crippen molar-refractivity contribution in [1.29, 1.82) is 0 Å². The van der Waals surface area contributed by atoms with Gasteiger partial charge in [0.2, 0.25) is 0 Å². The summed E-state index contributed by atoms with van der Waals surface area (Å²) in [6.45, 7) is 8.54. The summed E-state index contributed by atoms with van der Waals surface area (Å²) in [4.78, 5) is 15.9. The fourth-order valence-corrected chi connectivity index (χ4v) is 2.00. The molecule has 4 nitrogen and oxygen atoms in total. The minimum atomic E-state index is -0.0824. The zero-order valence-corrected chi connectivity index (χ0v) is 13.3. The molecular formula is C11H21Cl2N3OS. The molecule has 106 valence electrons. The average Bonchev–Trinajstić information content (AvgIpc) is 2.73. The lowest BCUT2D eigenvalue weighted by molar-refractivity contribution is 0.0949. The van der Waals surface area contributed by atoms with Crippen molar-refractivity contribution in [3.05, 3.63) is 16.1 Å². The predicted molar refractivity (Wildman–Crippen MR) is 81.6 cm³/mol. The highest BCUT2D eigenvalue weighted by Gasteiger charge is 2.11. The molecule has 1 aromatic rings. The number of hydrogen-bond donors (Lipinski definition) is 2. The quantitative estimate of drug-likeness (QED) is 0.793. The predicted octanol–water partition coefficient (Wildman–Crippen LogP) is 2.45. The highest BCUT2D eigenvalue weighted by molar-refractivity contribution is 7.09. The van der Waals surface area contributed by atoms with Gasteiger partial charge in [-0.3, -0.25) is 4.79 Å². The molecule has 0 aliphatic rings. The van der Waals surface area contributed by atoms with Crippen LogP contribution >= 0.6 is 36.2 Å². The van der Waals surface area contributed by atoms with Gasteiger partial charge < -0.3 is 10.6 Å². The van der Waals surface area contributed by atoms with E-state index in [2.05, 4.69) is 29.5 Å². The van der Waals surface area contributed by atoms with Crippen molar-refractivity contribution in [2.24, 2.45) is 0 Å². The van der Waals surface area contributed by atoms with Gasteiger partial charge in [-0.25, -0.2) is 4.98 Å². The van der Waals surface area contributed by atoms with E-state index in [9.17, 15) is 4.79 Å². The van der Waals surface area contributed by atoms with Crippen LogP contribution < -0.4 is 10.6 Å². The first kappa shape index (κ1) is 20.0. The molecule has 0 aromatic carbocycles. The number of rotatable bonds is 6. The maximum atomic E-state index is 11.6. The molecule has 1 amide bonds. The summed E-state index contributed by atoms with van der Waals surface area (Å²) in [6, 6.07) is 0. The Bertz CT molecular complexity index is 345. The number of carbonyl (C=O) groups is 1. The summed E-state index contributed by atoms with van der Waals surface area (Å²) < 4.78 is 0. The zero-order valence-electron chi connectivity index (χ0n) is 10.9. The number of amides is 1. The van der Waals surface area contributed by atoms with Crippen LogP contribution in [0.4, 0.5) is 0 Å². The van der Waals surface area contributed by atoms with Gasteiger partial charge in [0.05, 0.1) is 5.01 Å². The van der Waals surface area contributed by atoms with Gasteiger partial charge in [0.25, 0.3) is 5.91 Å². The Morgan fingerprint density at radius 1 is 1.39 bits per heavy atom. The summed E-state index contributed by atoms with van der Waals surface area (Å²) in [5, 5.41) is 8.80. The van der Waals surface area contributed by atoms with E-state index in [0.29, 0.717) is 18.2 Å². The molecule has 0 atom stereocenters. The van der Waals surface area contributed by atoms with E-state index in [4.69, 9.17) is 0 Å². The van der Waals surface area contributed by atoms with Crippen LogP contribution in [-0.4, -0.2) is 30.5 Å². The van der Waals surface area contributed by atoms with E-state index in [1.165, 1.54) is 0 Å². The topological polar surface area (TPSA) is 54.0 Å². The molecule has 7 heteroatoms. The van der Waals surface area contributed by atoms with Crippen molar-refractivity contribution in [2.75, 3.05) is 19.6 Å². The van der Waals surface area contributed by atoms with Crippen LogP contribution in [0.2, 0.25) is 0 Å². The zero-order chi connectivity index (χ0) is 12.0. The lowest BCUT2D eigenvalue weighted by atomic mass is 10.2. The first-order chi connectivity index (χ1) is 7.65. The fourth-order valence-electron chi connectivity index (χ4n) is 1.19. The molecule has 0 saturated carbocycles. The number of hydrogen-bond acceptors (Lipinski definition) is 4. The van der Waals surface area contributed by atoms with Gasteiger partial charge in [-0.2, -0.15) is 0 Å². The fraction of sp³-hybridized carbons (Fsp3) is 0.636. The van der Waals surface area contributed by atoms with E-state index in [0.717, 1.165) is 18.1 Å². The van der Waals surface area contributed by atoms with Gasteiger partial charge in [0.15, 0.2) is 0 Å². The third-order valence-corrected chi connectivity index (χ3v) is 3.23. The highest BCUT2D eigenvalue weighted by atomic mass is 35.5. The van der Waals surface area contributed by atoms with E-state index in [-0.39, 0.29) is 30.7 Å². The first-order valence-corrected chi connectivity index (χ1v) is 6.47. The van der Waals surface area contributed by atoms with Crippen LogP contribution in [-0.2, 0) is 0 Å². The van der Waals surface area contributed by atoms with Gasteiger partial charge in [0, 0.05) is 24.4 Å². The third-order valence-electron chi connectivity index (χ3n) is 2.09. The highest BCUT2D eigenvalue weighted by Crippen LogP contribution is 2.18. The summed E-state index contributed by atoms with van der Waals surface area (Å²) in [5.74, 6) is 0.300. The molecule has 0 aliphatic carbocycles. The van der Waals surface area contributed by atoms with Crippen LogP contribution in [0.3, 0.4) is 0 Å². The Hall–Kier alpha value is -0.360. The number of nitrogens with one attached hydrogen (secondary N) is 2. The molecule has 0 fully saturated rings. The molecule has 0 bridgehead atoms. The van der Waals surface area contributed by atoms with Gasteiger partial charge in [-0.15, -0.1) is 36.2 Å². The number of halogens is 2. The molecule has 0 saturated heterocycles. The van der Waals surface area contributed by atoms with Crippen LogP contribution in [0.1, 0.15) is 42.2 Å². The van der Waals surface area contributed by atoms with E-state index < -0.39 is 0 Å². The normalized spacial score (nSPS) is 9.56. The molecule has 0 spiro atoms. The van der Waals surface area contributed by atoms with Crippen LogP contribution in [0.25, 0.3) is 0 Å². The van der Waals surface area contributed by atoms with Gasteiger partial charge in [-0.05, 0) is 6.54 Å². The SMILES string of the molecule is CCNCCNC(=O)c1csc(C(C)C)n1.Cl.Cl. The Balaban J connectivity index is 0. The first-order valence-electron chi connectivity index (χ1n) is 5.59. The Morgan fingerprint density at radius 3 is 2.56 bits per heavy atom. The van der Waals surface area contributed by atoms with Crippen molar-refractivity contribution < 1.29 is 4.79 Å². The monoisotopic (exact) mass is 313 g/mol. The standard InChI is InChI=1S/C11H19N3OS.2ClH/c1-4-12-5-6-13-10(15)9-7-16-11(14-9)8(2)3;;/h7-8,12H,4-6H2,1-3H3,(H,13,15);2*1H. The van der Waals surface area contributed by atoms with E-state index >= 15 is 0 Å². The van der Waals surface area contributed by atoms with Crippen LogP contribution in [0, 0.1) is 0 Å². The molecule has 1 rings (SSSR count). The second-order valence-electron chi connectivity index (χ2n) is 3.84. The maximum absolute atomic E-state index is 11.6. The molecule has 0 radical (unpaired) electrons. The minimum Gasteiger partial charge on any atom is -0.349 e. The van der Waals surface area contributed by atoms with E-state index in [1.807, 2.05) is 12.3 Å². The Kier molecular flexibility index (Phi) is 11.7. The molecule has 0 aliphatic heterocycles. The number of thiazole rings is 1. The van der Waals surface area contributed by atoms with E-state index in [1.54, 1.807) is 11.3 Å². The number of nitrogens with zero attached hydrogens (tertiary/aromatic N) is 1. The second-order valence-corrected chi connectivity index (χ2v) is 4.72. The summed E-state index contributed by atoms with van der Waals surface area (Å²) in [6.07, 6.45) is 0. The van der Waals surface area contributed by atoms with Crippen LogP contribution in [0.5, 0.6) is 0 Å². The smallest absolute Gasteiger partial charge is 0.270 e.